The molecule has 12 nitrogen and oxygen atoms in total. The number of benzene rings is 3. The fraction of sp³-hybridized carbons (Fsp3) is 0.364. The highest BCUT2D eigenvalue weighted by atomic mass is 31.2. The van der Waals surface area contributed by atoms with Crippen molar-refractivity contribution in [1.82, 2.24) is 14.6 Å². The minimum Gasteiger partial charge on any atom is -0.465 e. The zero-order valence-electron chi connectivity index (χ0n) is 25.8. The van der Waals surface area contributed by atoms with Crippen molar-refractivity contribution in [1.29, 1.82) is 0 Å². The van der Waals surface area contributed by atoms with Gasteiger partial charge < -0.3 is 19.1 Å². The Balaban J connectivity index is 1.41. The fourth-order valence-corrected chi connectivity index (χ4v) is 6.74. The molecule has 3 N–H and O–H groups in total. The van der Waals surface area contributed by atoms with Crippen molar-refractivity contribution in [2.45, 2.75) is 63.5 Å². The first-order valence-electron chi connectivity index (χ1n) is 15.4. The number of aromatic nitrogens is 2. The molecular weight excluding hydrogens is 632 g/mol. The summed E-state index contributed by atoms with van der Waals surface area (Å²) in [5.41, 5.74) is -1.34. The largest absolute Gasteiger partial charge is 0.465 e. The monoisotopic (exact) mass is 669 g/mol. The van der Waals surface area contributed by atoms with E-state index >= 15 is 0 Å². The smallest absolute Gasteiger partial charge is 0.459 e. The molecule has 2 heterocycles. The number of unbranched alkanes of at least 4 members (excludes halogenated alkanes) is 2. The minimum atomic E-state index is -4.45. The molecule has 14 heteroatoms. The van der Waals surface area contributed by atoms with Gasteiger partial charge >= 0.3 is 19.4 Å². The lowest BCUT2D eigenvalue weighted by Crippen LogP contribution is -2.40. The lowest BCUT2D eigenvalue weighted by molar-refractivity contribution is -0.146. The van der Waals surface area contributed by atoms with E-state index in [1.165, 1.54) is 0 Å². The van der Waals surface area contributed by atoms with E-state index in [1.807, 2.05) is 60.4 Å². The minimum absolute atomic E-state index is 0.102. The Morgan fingerprint density at radius 1 is 1.11 bits per heavy atom. The Hall–Kier alpha value is -4.13. The van der Waals surface area contributed by atoms with Crippen LogP contribution in [0.15, 0.2) is 88.6 Å². The number of rotatable bonds is 15. The van der Waals surface area contributed by atoms with Gasteiger partial charge in [-0.1, -0.05) is 86.5 Å². The zero-order valence-corrected chi connectivity index (χ0v) is 26.6. The third-order valence-corrected chi connectivity index (χ3v) is 9.24. The average molecular weight is 670 g/mol. The van der Waals surface area contributed by atoms with Crippen LogP contribution in [-0.2, 0) is 29.8 Å². The molecule has 0 spiro atoms. The van der Waals surface area contributed by atoms with Crippen LogP contribution in [0, 0.1) is 5.82 Å². The van der Waals surface area contributed by atoms with Gasteiger partial charge in [-0.05, 0) is 29.9 Å². The molecule has 0 radical (unpaired) electrons. The maximum atomic E-state index is 14.6. The molecule has 5 rings (SSSR count). The van der Waals surface area contributed by atoms with E-state index in [2.05, 4.69) is 5.09 Å². The lowest BCUT2D eigenvalue weighted by atomic mass is 10.1. The lowest BCUT2D eigenvalue weighted by Gasteiger charge is -2.26. The van der Waals surface area contributed by atoms with Gasteiger partial charge in [0, 0.05) is 11.8 Å². The van der Waals surface area contributed by atoms with Gasteiger partial charge in [0.2, 0.25) is 5.82 Å². The fourth-order valence-electron chi connectivity index (χ4n) is 5.22. The normalized spacial score (nSPS) is 19.7. The van der Waals surface area contributed by atoms with Gasteiger partial charge in [0.05, 0.1) is 25.5 Å². The topological polar surface area (TPSA) is 158 Å². The van der Waals surface area contributed by atoms with Crippen LogP contribution in [0.25, 0.3) is 10.8 Å². The number of aliphatic hydroxyl groups is 1. The summed E-state index contributed by atoms with van der Waals surface area (Å²) in [7, 11) is -4.45. The van der Waals surface area contributed by atoms with Crippen molar-refractivity contribution < 1.29 is 37.4 Å². The molecule has 1 fully saturated rings. The second kappa shape index (κ2) is 15.6. The molecule has 0 aliphatic carbocycles. The van der Waals surface area contributed by atoms with Crippen LogP contribution in [0.4, 0.5) is 4.39 Å². The predicted octanol–water partition coefficient (Wildman–Crippen LogP) is 4.62. The molecule has 47 heavy (non-hydrogen) atoms. The van der Waals surface area contributed by atoms with Crippen LogP contribution in [0.3, 0.4) is 0 Å². The van der Waals surface area contributed by atoms with Crippen molar-refractivity contribution in [3.63, 3.8) is 0 Å². The Bertz CT molecular complexity index is 1830. The highest BCUT2D eigenvalue weighted by Crippen LogP contribution is 2.48. The number of carbonyl (C=O) groups is 1. The standard InChI is InChI=1S/C33H37FN3O9P/c1-2-3-9-17-43-32(40)26(18-22-11-5-4-6-12-22)36-47(42,46-28-16-10-14-23-13-7-8-15-24(23)28)44-21-29-27(38)19-30(45-29)37-20-25(34)31(39)35-33(37)41/h4-8,10-16,20,26-27,29-30,38H,2-3,9,17-19,21H2,1H3,(H,36,42)(H,35,39,41)/t26-,27-,29+,30+,47?/m0/s1. The average Bonchev–Trinajstić information content (AvgIpc) is 3.44. The second-order valence-electron chi connectivity index (χ2n) is 11.2. The summed E-state index contributed by atoms with van der Waals surface area (Å²) in [5, 5.41) is 15.0. The van der Waals surface area contributed by atoms with Crippen molar-refractivity contribution in [3.05, 3.63) is 111 Å². The Morgan fingerprint density at radius 2 is 1.85 bits per heavy atom. The highest BCUT2D eigenvalue weighted by Gasteiger charge is 2.40. The summed E-state index contributed by atoms with van der Waals surface area (Å²) in [6, 6.07) is 20.4. The molecule has 4 aromatic rings. The van der Waals surface area contributed by atoms with Crippen LogP contribution in [0.1, 0.15) is 44.4 Å². The SMILES string of the molecule is CCCCCOC(=O)[C@H](Cc1ccccc1)NP(=O)(OC[C@H]1O[C@@H](n2cc(F)c(=O)[nH]c2=O)C[C@@H]1O)Oc1cccc2ccccc12. The number of carbonyl (C=O) groups excluding carboxylic acids is 1. The third-order valence-electron chi connectivity index (χ3n) is 7.69. The first-order valence-corrected chi connectivity index (χ1v) is 16.9. The van der Waals surface area contributed by atoms with E-state index in [1.54, 1.807) is 24.3 Å². The van der Waals surface area contributed by atoms with E-state index in [4.69, 9.17) is 18.5 Å². The van der Waals surface area contributed by atoms with Gasteiger partial charge in [-0.2, -0.15) is 9.48 Å². The van der Waals surface area contributed by atoms with Crippen molar-refractivity contribution >= 4 is 24.5 Å². The molecule has 0 saturated carbocycles. The van der Waals surface area contributed by atoms with E-state index in [0.29, 0.717) is 18.0 Å². The molecule has 1 aliphatic heterocycles. The van der Waals surface area contributed by atoms with Crippen LogP contribution in [0.2, 0.25) is 0 Å². The van der Waals surface area contributed by atoms with Gasteiger partial charge in [0.25, 0.3) is 5.56 Å². The summed E-state index contributed by atoms with van der Waals surface area (Å²) < 4.78 is 52.6. The van der Waals surface area contributed by atoms with Gasteiger partial charge in [0.15, 0.2) is 0 Å². The number of hydrogen-bond donors (Lipinski definition) is 3. The van der Waals surface area contributed by atoms with E-state index < -0.39 is 61.9 Å². The first kappa shape index (κ1) is 34.2. The molecule has 3 aromatic carbocycles. The van der Waals surface area contributed by atoms with Crippen LogP contribution < -0.4 is 20.9 Å². The number of nitrogens with zero attached hydrogens (tertiary/aromatic N) is 1. The zero-order chi connectivity index (χ0) is 33.4. The summed E-state index contributed by atoms with van der Waals surface area (Å²) in [6.07, 6.45) is -0.386. The number of aliphatic hydroxyl groups excluding tert-OH is 1. The van der Waals surface area contributed by atoms with Gasteiger partial charge in [-0.15, -0.1) is 0 Å². The van der Waals surface area contributed by atoms with Crippen LogP contribution >= 0.6 is 7.75 Å². The first-order chi connectivity index (χ1) is 22.7. The Morgan fingerprint density at radius 3 is 2.64 bits per heavy atom. The molecule has 5 atom stereocenters. The maximum absolute atomic E-state index is 14.6. The Labute approximate surface area is 270 Å². The van der Waals surface area contributed by atoms with Gasteiger partial charge in [-0.3, -0.25) is 23.7 Å². The summed E-state index contributed by atoms with van der Waals surface area (Å²) in [5.74, 6) is -1.63. The molecule has 1 aromatic heterocycles. The molecule has 1 unspecified atom stereocenters. The molecular formula is C33H37FN3O9P. The summed E-state index contributed by atoms with van der Waals surface area (Å²) >= 11 is 0. The van der Waals surface area contributed by atoms with Crippen molar-refractivity contribution in [2.24, 2.45) is 0 Å². The second-order valence-corrected chi connectivity index (χ2v) is 12.9. The summed E-state index contributed by atoms with van der Waals surface area (Å²) in [4.78, 5) is 39.0. The number of halogens is 1. The number of H-pyrrole nitrogens is 1. The van der Waals surface area contributed by atoms with E-state index in [0.717, 1.165) is 28.4 Å². The van der Waals surface area contributed by atoms with Gasteiger partial charge in [-0.25, -0.2) is 9.36 Å². The van der Waals surface area contributed by atoms with Crippen molar-refractivity contribution in [2.75, 3.05) is 13.2 Å². The highest BCUT2D eigenvalue weighted by molar-refractivity contribution is 7.52. The third kappa shape index (κ3) is 8.82. The van der Waals surface area contributed by atoms with Crippen molar-refractivity contribution in [3.8, 4) is 5.75 Å². The number of nitrogens with one attached hydrogen (secondary N) is 2. The molecule has 1 aliphatic rings. The van der Waals surface area contributed by atoms with Crippen LogP contribution in [0.5, 0.6) is 5.75 Å². The Kier molecular flexibility index (Phi) is 11.4. The molecule has 0 bridgehead atoms. The number of ether oxygens (including phenoxy) is 2. The van der Waals surface area contributed by atoms with Crippen LogP contribution in [-0.4, -0.2) is 52.1 Å². The number of hydrogen-bond acceptors (Lipinski definition) is 9. The predicted molar refractivity (Wildman–Crippen MR) is 172 cm³/mol. The number of fused-ring (bicyclic) bond motifs is 1. The van der Waals surface area contributed by atoms with Gasteiger partial charge in [0.1, 0.15) is 24.1 Å². The summed E-state index contributed by atoms with van der Waals surface area (Å²) in [6.45, 7) is 1.71. The molecule has 250 valence electrons. The molecule has 0 amide bonds. The number of aromatic amines is 1. The van der Waals surface area contributed by atoms with E-state index in [9.17, 15) is 28.4 Å². The quantitative estimate of drug-likeness (QED) is 0.0927. The molecule has 1 saturated heterocycles. The number of esters is 1. The maximum Gasteiger partial charge on any atom is 0.459 e. The van der Waals surface area contributed by atoms with E-state index in [-0.39, 0.29) is 25.2 Å².